The molecule has 0 radical (unpaired) electrons. The molecule has 2 aliphatic heterocycles. The van der Waals surface area contributed by atoms with Crippen molar-refractivity contribution in [3.8, 4) is 5.75 Å². The monoisotopic (exact) mass is 383 g/mol. The molecule has 2 N–H and O–H groups in total. The molecule has 2 fully saturated rings. The molecular formula is C17H25N3O5S. The Morgan fingerprint density at radius 2 is 2.08 bits per heavy atom. The SMILES string of the molecule is COc1ccc(S(=O)(=O)N2CCCN(C3CCOC3)CC2)cc1C(N)=O. The number of hydrogen-bond acceptors (Lipinski definition) is 6. The summed E-state index contributed by atoms with van der Waals surface area (Å²) in [7, 11) is -2.29. The lowest BCUT2D eigenvalue weighted by molar-refractivity contribution is 0.0997. The number of methoxy groups -OCH3 is 1. The maximum atomic E-state index is 13.0. The maximum Gasteiger partial charge on any atom is 0.252 e. The molecule has 2 aliphatic rings. The van der Waals surface area contributed by atoms with Crippen LogP contribution in [0.25, 0.3) is 0 Å². The van der Waals surface area contributed by atoms with E-state index in [9.17, 15) is 13.2 Å². The first-order valence-corrected chi connectivity index (χ1v) is 10.2. The van der Waals surface area contributed by atoms with Gasteiger partial charge in [-0.1, -0.05) is 0 Å². The molecule has 1 unspecified atom stereocenters. The fourth-order valence-corrected chi connectivity index (χ4v) is 5.01. The number of ether oxygens (including phenoxy) is 2. The lowest BCUT2D eigenvalue weighted by atomic mass is 10.2. The molecule has 3 rings (SSSR count). The molecule has 0 saturated carbocycles. The van der Waals surface area contributed by atoms with Crippen molar-refractivity contribution in [3.05, 3.63) is 23.8 Å². The highest BCUT2D eigenvalue weighted by atomic mass is 32.2. The standard InChI is InChI=1S/C17H25N3O5S/c1-24-16-4-3-14(11-15(16)17(18)21)26(22,23)20-7-2-6-19(8-9-20)13-5-10-25-12-13/h3-4,11,13H,2,5-10,12H2,1H3,(H2,18,21). The molecule has 0 bridgehead atoms. The van der Waals surface area contributed by atoms with E-state index >= 15 is 0 Å². The highest BCUT2D eigenvalue weighted by Gasteiger charge is 2.31. The minimum atomic E-state index is -3.70. The van der Waals surface area contributed by atoms with Crippen LogP contribution in [-0.2, 0) is 14.8 Å². The van der Waals surface area contributed by atoms with Gasteiger partial charge in [-0.3, -0.25) is 9.69 Å². The summed E-state index contributed by atoms with van der Waals surface area (Å²) in [5.74, 6) is -0.457. The van der Waals surface area contributed by atoms with E-state index in [4.69, 9.17) is 15.2 Å². The molecule has 0 aromatic heterocycles. The fraction of sp³-hybridized carbons (Fsp3) is 0.588. The third-order valence-corrected chi connectivity index (χ3v) is 6.88. The first kappa shape index (κ1) is 19.1. The number of hydrogen-bond donors (Lipinski definition) is 1. The van der Waals surface area contributed by atoms with Gasteiger partial charge in [-0.05, 0) is 37.6 Å². The lowest BCUT2D eigenvalue weighted by Crippen LogP contribution is -2.39. The van der Waals surface area contributed by atoms with Gasteiger partial charge in [0.05, 0.1) is 24.2 Å². The Balaban J connectivity index is 1.79. The normalized spacial score (nSPS) is 22.9. The fourth-order valence-electron chi connectivity index (χ4n) is 3.52. The second-order valence-electron chi connectivity index (χ2n) is 6.54. The highest BCUT2D eigenvalue weighted by molar-refractivity contribution is 7.89. The molecule has 0 aliphatic carbocycles. The summed E-state index contributed by atoms with van der Waals surface area (Å²) >= 11 is 0. The van der Waals surface area contributed by atoms with Gasteiger partial charge in [-0.15, -0.1) is 0 Å². The number of rotatable bonds is 5. The van der Waals surface area contributed by atoms with Crippen molar-refractivity contribution in [1.82, 2.24) is 9.21 Å². The van der Waals surface area contributed by atoms with E-state index in [1.54, 1.807) is 0 Å². The first-order chi connectivity index (χ1) is 12.4. The van der Waals surface area contributed by atoms with Gasteiger partial charge in [0.15, 0.2) is 0 Å². The number of amides is 1. The largest absolute Gasteiger partial charge is 0.496 e. The Morgan fingerprint density at radius 1 is 1.27 bits per heavy atom. The van der Waals surface area contributed by atoms with E-state index in [0.717, 1.165) is 26.0 Å². The van der Waals surface area contributed by atoms with Crippen LogP contribution in [0.3, 0.4) is 0 Å². The van der Waals surface area contributed by atoms with Gasteiger partial charge in [0.1, 0.15) is 5.75 Å². The van der Waals surface area contributed by atoms with E-state index in [-0.39, 0.29) is 16.2 Å². The van der Waals surface area contributed by atoms with E-state index in [1.165, 1.54) is 29.6 Å². The van der Waals surface area contributed by atoms with Gasteiger partial charge >= 0.3 is 0 Å². The Hall–Kier alpha value is -1.68. The molecule has 1 amide bonds. The van der Waals surface area contributed by atoms with E-state index < -0.39 is 15.9 Å². The number of sulfonamides is 1. The zero-order chi connectivity index (χ0) is 18.7. The van der Waals surface area contributed by atoms with Gasteiger partial charge in [-0.2, -0.15) is 4.31 Å². The second-order valence-corrected chi connectivity index (χ2v) is 8.48. The van der Waals surface area contributed by atoms with Crippen molar-refractivity contribution < 1.29 is 22.7 Å². The number of primary amides is 1. The van der Waals surface area contributed by atoms with Crippen molar-refractivity contribution >= 4 is 15.9 Å². The van der Waals surface area contributed by atoms with Crippen LogP contribution in [0.5, 0.6) is 5.75 Å². The number of benzene rings is 1. The average molecular weight is 383 g/mol. The summed E-state index contributed by atoms with van der Waals surface area (Å²) in [6, 6.07) is 4.59. The van der Waals surface area contributed by atoms with Crippen LogP contribution in [0.4, 0.5) is 0 Å². The van der Waals surface area contributed by atoms with Crippen LogP contribution in [0, 0.1) is 0 Å². The van der Waals surface area contributed by atoms with Crippen LogP contribution in [-0.4, -0.2) is 76.1 Å². The number of nitrogens with zero attached hydrogens (tertiary/aromatic N) is 2. The van der Waals surface area contributed by atoms with E-state index in [0.29, 0.717) is 32.3 Å². The van der Waals surface area contributed by atoms with Gasteiger partial charge in [0.2, 0.25) is 10.0 Å². The number of carbonyl (C=O) groups excluding carboxylic acids is 1. The third-order valence-electron chi connectivity index (χ3n) is 4.99. The van der Waals surface area contributed by atoms with Gasteiger partial charge in [0.25, 0.3) is 5.91 Å². The summed E-state index contributed by atoms with van der Waals surface area (Å²) in [5.41, 5.74) is 5.41. The zero-order valence-corrected chi connectivity index (χ0v) is 15.7. The van der Waals surface area contributed by atoms with Gasteiger partial charge in [-0.25, -0.2) is 8.42 Å². The van der Waals surface area contributed by atoms with Gasteiger partial charge < -0.3 is 15.2 Å². The summed E-state index contributed by atoms with van der Waals surface area (Å²) in [5, 5.41) is 0. The topological polar surface area (TPSA) is 102 Å². The molecule has 2 saturated heterocycles. The molecule has 1 atom stereocenters. The molecule has 26 heavy (non-hydrogen) atoms. The van der Waals surface area contributed by atoms with E-state index in [1.807, 2.05) is 0 Å². The summed E-state index contributed by atoms with van der Waals surface area (Å²) < 4.78 is 38.1. The van der Waals surface area contributed by atoms with Crippen molar-refractivity contribution in [2.24, 2.45) is 5.73 Å². The molecule has 2 heterocycles. The molecule has 1 aromatic carbocycles. The summed E-state index contributed by atoms with van der Waals surface area (Å²) in [6.07, 6.45) is 1.75. The molecular weight excluding hydrogens is 358 g/mol. The smallest absolute Gasteiger partial charge is 0.252 e. The van der Waals surface area contributed by atoms with E-state index in [2.05, 4.69) is 4.90 Å². The lowest BCUT2D eigenvalue weighted by Gasteiger charge is -2.26. The first-order valence-electron chi connectivity index (χ1n) is 8.73. The highest BCUT2D eigenvalue weighted by Crippen LogP contribution is 2.25. The zero-order valence-electron chi connectivity index (χ0n) is 14.9. The predicted molar refractivity (Wildman–Crippen MR) is 95.7 cm³/mol. The molecule has 144 valence electrons. The van der Waals surface area contributed by atoms with Crippen LogP contribution < -0.4 is 10.5 Å². The van der Waals surface area contributed by atoms with Crippen LogP contribution >= 0.6 is 0 Å². The minimum Gasteiger partial charge on any atom is -0.496 e. The second kappa shape index (κ2) is 7.91. The summed E-state index contributed by atoms with van der Waals surface area (Å²) in [4.78, 5) is 14.0. The number of carbonyl (C=O) groups is 1. The Labute approximate surface area is 153 Å². The Kier molecular flexibility index (Phi) is 5.81. The molecule has 1 aromatic rings. The number of nitrogens with two attached hydrogens (primary N) is 1. The van der Waals surface area contributed by atoms with Crippen molar-refractivity contribution in [2.45, 2.75) is 23.8 Å². The average Bonchev–Trinajstić information content (AvgIpc) is 3.05. The quantitative estimate of drug-likeness (QED) is 0.784. The van der Waals surface area contributed by atoms with Crippen LogP contribution in [0.1, 0.15) is 23.2 Å². The predicted octanol–water partition coefficient (Wildman–Crippen LogP) is 0.279. The van der Waals surface area contributed by atoms with Gasteiger partial charge in [0, 0.05) is 32.3 Å². The van der Waals surface area contributed by atoms with Crippen molar-refractivity contribution in [1.29, 1.82) is 0 Å². The molecule has 0 spiro atoms. The Morgan fingerprint density at radius 3 is 2.73 bits per heavy atom. The Bertz CT molecular complexity index is 762. The minimum absolute atomic E-state index is 0.0600. The summed E-state index contributed by atoms with van der Waals surface area (Å²) in [6.45, 7) is 3.88. The van der Waals surface area contributed by atoms with Crippen LogP contribution in [0.2, 0.25) is 0 Å². The molecule has 8 nitrogen and oxygen atoms in total. The van der Waals surface area contributed by atoms with Crippen molar-refractivity contribution in [3.63, 3.8) is 0 Å². The molecule has 9 heteroatoms. The van der Waals surface area contributed by atoms with Crippen molar-refractivity contribution in [2.75, 3.05) is 46.5 Å². The third kappa shape index (κ3) is 3.85. The maximum absolute atomic E-state index is 13.0. The van der Waals surface area contributed by atoms with Crippen LogP contribution in [0.15, 0.2) is 23.1 Å².